The predicted molar refractivity (Wildman–Crippen MR) is 115 cm³/mol. The van der Waals surface area contributed by atoms with Crippen LogP contribution in [0.3, 0.4) is 0 Å². The lowest BCUT2D eigenvalue weighted by molar-refractivity contribution is -0.133. The number of para-hydroxylation sites is 1. The van der Waals surface area contributed by atoms with Crippen LogP contribution < -0.4 is 0 Å². The van der Waals surface area contributed by atoms with E-state index >= 15 is 0 Å². The molecule has 3 aromatic rings. The predicted octanol–water partition coefficient (Wildman–Crippen LogP) is 4.49. The van der Waals surface area contributed by atoms with Crippen LogP contribution in [0.2, 0.25) is 5.02 Å². The number of H-pyrrole nitrogens is 1. The number of hydrogen-bond acceptors (Lipinski definition) is 2. The number of carbonyl (C=O) groups is 1. The van der Waals surface area contributed by atoms with Crippen LogP contribution in [0.4, 0.5) is 0 Å². The van der Waals surface area contributed by atoms with Crippen LogP contribution in [-0.2, 0) is 17.8 Å². The van der Waals surface area contributed by atoms with Gasteiger partial charge in [0.2, 0.25) is 5.91 Å². The summed E-state index contributed by atoms with van der Waals surface area (Å²) in [6.07, 6.45) is 4.51. The monoisotopic (exact) mass is 395 g/mol. The van der Waals surface area contributed by atoms with E-state index in [9.17, 15) is 4.79 Å². The molecule has 146 valence electrons. The highest BCUT2D eigenvalue weighted by Gasteiger charge is 2.21. The Hall–Kier alpha value is -2.30. The van der Waals surface area contributed by atoms with Crippen molar-refractivity contribution < 1.29 is 4.79 Å². The highest BCUT2D eigenvalue weighted by atomic mass is 35.5. The van der Waals surface area contributed by atoms with Crippen molar-refractivity contribution in [3.63, 3.8) is 0 Å². The number of nitrogens with one attached hydrogen (secondary N) is 1. The third-order valence-corrected chi connectivity index (χ3v) is 5.96. The Bertz CT molecular complexity index is 944. The zero-order valence-electron chi connectivity index (χ0n) is 16.0. The second kappa shape index (κ2) is 8.80. The number of halogens is 1. The highest BCUT2D eigenvalue weighted by molar-refractivity contribution is 6.31. The number of aromatic nitrogens is 1. The molecule has 1 N–H and O–H groups in total. The summed E-state index contributed by atoms with van der Waals surface area (Å²) in [5, 5.41) is 2.08. The number of rotatable bonds is 6. The molecule has 5 heteroatoms. The Morgan fingerprint density at radius 3 is 2.54 bits per heavy atom. The Morgan fingerprint density at radius 1 is 0.964 bits per heavy atom. The number of amides is 1. The maximum Gasteiger partial charge on any atom is 0.222 e. The summed E-state index contributed by atoms with van der Waals surface area (Å²) in [7, 11) is 0. The van der Waals surface area contributed by atoms with E-state index in [1.165, 1.54) is 16.5 Å². The fourth-order valence-electron chi connectivity index (χ4n) is 3.95. The normalized spacial score (nSPS) is 15.2. The van der Waals surface area contributed by atoms with Crippen molar-refractivity contribution >= 4 is 28.4 Å². The van der Waals surface area contributed by atoms with Crippen molar-refractivity contribution in [1.82, 2.24) is 14.8 Å². The Morgan fingerprint density at radius 2 is 1.71 bits per heavy atom. The number of aryl methyl sites for hydroxylation is 1. The zero-order valence-corrected chi connectivity index (χ0v) is 16.8. The molecule has 1 saturated heterocycles. The Labute approximate surface area is 171 Å². The van der Waals surface area contributed by atoms with Gasteiger partial charge in [0, 0.05) is 61.3 Å². The van der Waals surface area contributed by atoms with Gasteiger partial charge in [0.25, 0.3) is 0 Å². The van der Waals surface area contributed by atoms with E-state index in [-0.39, 0.29) is 5.91 Å². The molecule has 0 radical (unpaired) electrons. The lowest BCUT2D eigenvalue weighted by Crippen LogP contribution is -2.48. The van der Waals surface area contributed by atoms with Gasteiger partial charge in [-0.25, -0.2) is 0 Å². The Kier molecular flexibility index (Phi) is 5.98. The van der Waals surface area contributed by atoms with Crippen LogP contribution in [0, 0.1) is 0 Å². The van der Waals surface area contributed by atoms with Crippen molar-refractivity contribution in [3.8, 4) is 0 Å². The number of nitrogens with zero attached hydrogens (tertiary/aromatic N) is 2. The van der Waals surface area contributed by atoms with Crippen molar-refractivity contribution in [2.75, 3.05) is 26.2 Å². The molecule has 0 bridgehead atoms. The molecule has 0 unspecified atom stereocenters. The van der Waals surface area contributed by atoms with Gasteiger partial charge >= 0.3 is 0 Å². The van der Waals surface area contributed by atoms with E-state index in [4.69, 9.17) is 11.6 Å². The van der Waals surface area contributed by atoms with Crippen LogP contribution in [0.15, 0.2) is 54.7 Å². The fourth-order valence-corrected chi connectivity index (χ4v) is 4.15. The summed E-state index contributed by atoms with van der Waals surface area (Å²) >= 11 is 6.27. The number of benzene rings is 2. The zero-order chi connectivity index (χ0) is 19.3. The Balaban J connectivity index is 1.22. The summed E-state index contributed by atoms with van der Waals surface area (Å²) < 4.78 is 0. The first kappa shape index (κ1) is 19.0. The van der Waals surface area contributed by atoms with Crippen molar-refractivity contribution in [1.29, 1.82) is 0 Å². The van der Waals surface area contributed by atoms with Gasteiger partial charge in [0.05, 0.1) is 0 Å². The quantitative estimate of drug-likeness (QED) is 0.668. The van der Waals surface area contributed by atoms with Crippen LogP contribution >= 0.6 is 11.6 Å². The molecular weight excluding hydrogens is 370 g/mol. The van der Waals surface area contributed by atoms with E-state index < -0.39 is 0 Å². The van der Waals surface area contributed by atoms with Gasteiger partial charge < -0.3 is 9.88 Å². The first-order valence-electron chi connectivity index (χ1n) is 9.99. The van der Waals surface area contributed by atoms with Crippen LogP contribution in [0.5, 0.6) is 0 Å². The van der Waals surface area contributed by atoms with Gasteiger partial charge in [-0.15, -0.1) is 0 Å². The molecule has 0 aliphatic carbocycles. The van der Waals surface area contributed by atoms with Gasteiger partial charge in [0.15, 0.2) is 0 Å². The second-order valence-corrected chi connectivity index (χ2v) is 7.87. The third-order valence-electron chi connectivity index (χ3n) is 5.59. The summed E-state index contributed by atoms with van der Waals surface area (Å²) in [5.74, 6) is 0.275. The SMILES string of the molecule is O=C(CCCc1c[nH]c2ccccc12)N1CCN(Cc2ccccc2Cl)CC1. The second-order valence-electron chi connectivity index (χ2n) is 7.46. The molecule has 0 saturated carbocycles. The van der Waals surface area contributed by atoms with Crippen LogP contribution in [0.1, 0.15) is 24.0 Å². The molecule has 4 nitrogen and oxygen atoms in total. The minimum absolute atomic E-state index is 0.275. The molecule has 2 heterocycles. The molecule has 4 rings (SSSR count). The van der Waals surface area contributed by atoms with Crippen LogP contribution in [0.25, 0.3) is 10.9 Å². The van der Waals surface area contributed by atoms with E-state index in [0.717, 1.165) is 56.2 Å². The number of hydrogen-bond donors (Lipinski definition) is 1. The maximum absolute atomic E-state index is 12.6. The molecule has 0 atom stereocenters. The van der Waals surface area contributed by atoms with Gasteiger partial charge in [-0.05, 0) is 36.1 Å². The standard InChI is InChI=1S/C23H26ClN3O/c24-21-9-3-1-6-19(21)17-26-12-14-27(15-13-26)23(28)11-5-7-18-16-25-22-10-4-2-8-20(18)22/h1-4,6,8-10,16,25H,5,7,11-15,17H2. The van der Waals surface area contributed by atoms with Gasteiger partial charge in [0.1, 0.15) is 0 Å². The van der Waals surface area contributed by atoms with Gasteiger partial charge in [-0.3, -0.25) is 9.69 Å². The number of aromatic amines is 1. The first-order chi connectivity index (χ1) is 13.7. The molecule has 1 aliphatic heterocycles. The molecule has 1 amide bonds. The van der Waals surface area contributed by atoms with E-state index in [1.54, 1.807) is 0 Å². The minimum Gasteiger partial charge on any atom is -0.361 e. The average Bonchev–Trinajstić information content (AvgIpc) is 3.13. The minimum atomic E-state index is 0.275. The number of fused-ring (bicyclic) bond motifs is 1. The average molecular weight is 396 g/mol. The largest absolute Gasteiger partial charge is 0.361 e. The van der Waals surface area contributed by atoms with Crippen molar-refractivity contribution in [2.45, 2.75) is 25.8 Å². The van der Waals surface area contributed by atoms with Crippen molar-refractivity contribution in [3.05, 3.63) is 70.9 Å². The molecule has 2 aromatic carbocycles. The summed E-state index contributed by atoms with van der Waals surface area (Å²) in [4.78, 5) is 20.3. The molecule has 1 fully saturated rings. The lowest BCUT2D eigenvalue weighted by atomic mass is 10.1. The first-order valence-corrected chi connectivity index (χ1v) is 10.4. The smallest absolute Gasteiger partial charge is 0.222 e. The maximum atomic E-state index is 12.6. The molecular formula is C23H26ClN3O. The summed E-state index contributed by atoms with van der Waals surface area (Å²) in [5.41, 5.74) is 3.62. The molecule has 0 spiro atoms. The van der Waals surface area contributed by atoms with E-state index in [2.05, 4.69) is 40.3 Å². The molecule has 28 heavy (non-hydrogen) atoms. The van der Waals surface area contributed by atoms with Gasteiger partial charge in [-0.1, -0.05) is 48.0 Å². The highest BCUT2D eigenvalue weighted by Crippen LogP contribution is 2.20. The molecule has 1 aromatic heterocycles. The van der Waals surface area contributed by atoms with E-state index in [1.807, 2.05) is 29.2 Å². The van der Waals surface area contributed by atoms with Crippen LogP contribution in [-0.4, -0.2) is 46.9 Å². The third kappa shape index (κ3) is 4.40. The number of piperazine rings is 1. The summed E-state index contributed by atoms with van der Waals surface area (Å²) in [6.45, 7) is 4.26. The molecule has 1 aliphatic rings. The van der Waals surface area contributed by atoms with Gasteiger partial charge in [-0.2, -0.15) is 0 Å². The lowest BCUT2D eigenvalue weighted by Gasteiger charge is -2.35. The fraction of sp³-hybridized carbons (Fsp3) is 0.348. The number of carbonyl (C=O) groups excluding carboxylic acids is 1. The van der Waals surface area contributed by atoms with E-state index in [0.29, 0.717) is 6.42 Å². The topological polar surface area (TPSA) is 39.3 Å². The van der Waals surface area contributed by atoms with Crippen molar-refractivity contribution in [2.24, 2.45) is 0 Å². The summed E-state index contributed by atoms with van der Waals surface area (Å²) in [6, 6.07) is 16.3.